The van der Waals surface area contributed by atoms with Gasteiger partial charge in [0.1, 0.15) is 0 Å². The van der Waals surface area contributed by atoms with Crippen LogP contribution in [0.15, 0.2) is 31.0 Å². The Labute approximate surface area is 90.9 Å². The Bertz CT molecular complexity index is 427. The van der Waals surface area contributed by atoms with Crippen molar-refractivity contribution in [3.63, 3.8) is 0 Å². The summed E-state index contributed by atoms with van der Waals surface area (Å²) in [5.74, 6) is 0.546. The van der Waals surface area contributed by atoms with Gasteiger partial charge in [-0.15, -0.1) is 0 Å². The summed E-state index contributed by atoms with van der Waals surface area (Å²) in [6.07, 6.45) is 13.6. The summed E-state index contributed by atoms with van der Waals surface area (Å²) in [6.45, 7) is 5.93. The van der Waals surface area contributed by atoms with E-state index in [2.05, 4.69) is 48.9 Å². The van der Waals surface area contributed by atoms with Crippen LogP contribution in [0.2, 0.25) is 0 Å². The Morgan fingerprint density at radius 3 is 2.73 bits per heavy atom. The number of nitrogens with zero attached hydrogens (tertiary/aromatic N) is 1. The van der Waals surface area contributed by atoms with Crippen molar-refractivity contribution < 1.29 is 0 Å². The van der Waals surface area contributed by atoms with E-state index in [0.29, 0.717) is 5.92 Å². The van der Waals surface area contributed by atoms with Crippen LogP contribution in [-0.2, 0) is 0 Å². The fourth-order valence-electron chi connectivity index (χ4n) is 1.68. The molecule has 2 rings (SSSR count). The van der Waals surface area contributed by atoms with E-state index in [0.717, 1.165) is 12.1 Å². The maximum absolute atomic E-state index is 4.30. The highest BCUT2D eigenvalue weighted by atomic mass is 14.7. The van der Waals surface area contributed by atoms with Gasteiger partial charge in [0.2, 0.25) is 0 Å². The third-order valence-electron chi connectivity index (χ3n) is 2.72. The number of pyridine rings is 1. The van der Waals surface area contributed by atoms with Gasteiger partial charge in [0.25, 0.3) is 0 Å². The number of allylic oxidation sites excluding steroid dienone is 2. The van der Waals surface area contributed by atoms with E-state index in [4.69, 9.17) is 0 Å². The molecule has 0 aliphatic heterocycles. The molecule has 1 aliphatic rings. The molecular formula is C14H15N. The smallest absolute Gasteiger partial charge is 0.0630 e. The van der Waals surface area contributed by atoms with Gasteiger partial charge in [-0.2, -0.15) is 0 Å². The largest absolute Gasteiger partial charge is 0.256 e. The second kappa shape index (κ2) is 4.26. The van der Waals surface area contributed by atoms with Gasteiger partial charge in [0.15, 0.2) is 0 Å². The number of hydrogen-bond donors (Lipinski definition) is 0. The van der Waals surface area contributed by atoms with Crippen LogP contribution < -0.4 is 0 Å². The van der Waals surface area contributed by atoms with Crippen LogP contribution in [0.25, 0.3) is 18.2 Å². The van der Waals surface area contributed by atoms with Crippen molar-refractivity contribution in [1.82, 2.24) is 4.98 Å². The predicted octanol–water partition coefficient (Wildman–Crippen LogP) is 3.79. The molecule has 1 aromatic heterocycles. The van der Waals surface area contributed by atoms with Gasteiger partial charge in [0, 0.05) is 6.20 Å². The minimum Gasteiger partial charge on any atom is -0.256 e. The van der Waals surface area contributed by atoms with Gasteiger partial charge in [-0.25, -0.2) is 0 Å². The molecule has 1 heterocycles. The zero-order valence-corrected chi connectivity index (χ0v) is 8.98. The van der Waals surface area contributed by atoms with Gasteiger partial charge in [-0.05, 0) is 35.6 Å². The summed E-state index contributed by atoms with van der Waals surface area (Å²) in [7, 11) is 0. The molecule has 0 bridgehead atoms. The SMILES string of the molecule is C=Cc1cc2c(cn1)C=CC(CC)C=C2. The van der Waals surface area contributed by atoms with E-state index < -0.39 is 0 Å². The van der Waals surface area contributed by atoms with Crippen molar-refractivity contribution in [2.45, 2.75) is 13.3 Å². The van der Waals surface area contributed by atoms with E-state index in [1.165, 1.54) is 11.1 Å². The molecule has 1 aliphatic carbocycles. The van der Waals surface area contributed by atoms with Crippen LogP contribution in [0.4, 0.5) is 0 Å². The molecule has 76 valence electrons. The van der Waals surface area contributed by atoms with Crippen LogP contribution in [0.3, 0.4) is 0 Å². The van der Waals surface area contributed by atoms with Crippen molar-refractivity contribution in [3.8, 4) is 0 Å². The highest BCUT2D eigenvalue weighted by Gasteiger charge is 2.04. The third-order valence-corrected chi connectivity index (χ3v) is 2.72. The number of hydrogen-bond acceptors (Lipinski definition) is 1. The van der Waals surface area contributed by atoms with Crippen molar-refractivity contribution in [2.24, 2.45) is 5.92 Å². The summed E-state index contributed by atoms with van der Waals surface area (Å²) in [5, 5.41) is 0. The molecule has 0 radical (unpaired) electrons. The van der Waals surface area contributed by atoms with Crippen molar-refractivity contribution in [2.75, 3.05) is 0 Å². The van der Waals surface area contributed by atoms with E-state index in [1.807, 2.05) is 6.20 Å². The molecule has 0 fully saturated rings. The lowest BCUT2D eigenvalue weighted by atomic mass is 10.1. The van der Waals surface area contributed by atoms with Crippen LogP contribution in [0, 0.1) is 5.92 Å². The molecule has 1 heteroatoms. The highest BCUT2D eigenvalue weighted by molar-refractivity contribution is 5.68. The topological polar surface area (TPSA) is 12.9 Å². The standard InChI is InChI=1S/C14H15N/c1-3-11-5-7-12-9-14(4-2)15-10-13(12)8-6-11/h4-11H,2-3H2,1H3. The minimum absolute atomic E-state index is 0.546. The molecule has 0 saturated carbocycles. The summed E-state index contributed by atoms with van der Waals surface area (Å²) < 4.78 is 0. The predicted molar refractivity (Wildman–Crippen MR) is 66.2 cm³/mol. The van der Waals surface area contributed by atoms with E-state index in [9.17, 15) is 0 Å². The summed E-state index contributed by atoms with van der Waals surface area (Å²) in [4.78, 5) is 4.30. The first-order valence-electron chi connectivity index (χ1n) is 5.32. The quantitative estimate of drug-likeness (QED) is 0.703. The first kappa shape index (κ1) is 9.91. The Balaban J connectivity index is 2.43. The van der Waals surface area contributed by atoms with Crippen LogP contribution in [-0.4, -0.2) is 4.98 Å². The summed E-state index contributed by atoms with van der Waals surface area (Å²) >= 11 is 0. The lowest BCUT2D eigenvalue weighted by molar-refractivity contribution is 0.782. The lowest BCUT2D eigenvalue weighted by Gasteiger charge is -2.00. The third kappa shape index (κ3) is 2.07. The van der Waals surface area contributed by atoms with Gasteiger partial charge in [0.05, 0.1) is 5.69 Å². The lowest BCUT2D eigenvalue weighted by Crippen LogP contribution is -1.86. The average Bonchev–Trinajstić information content (AvgIpc) is 2.50. The maximum atomic E-state index is 4.30. The van der Waals surface area contributed by atoms with Gasteiger partial charge >= 0.3 is 0 Å². The Morgan fingerprint density at radius 2 is 2.07 bits per heavy atom. The molecule has 1 atom stereocenters. The van der Waals surface area contributed by atoms with E-state index in [1.54, 1.807) is 6.08 Å². The molecule has 1 aromatic rings. The fourth-order valence-corrected chi connectivity index (χ4v) is 1.68. The molecule has 0 amide bonds. The number of fused-ring (bicyclic) bond motifs is 1. The Morgan fingerprint density at radius 1 is 1.33 bits per heavy atom. The monoisotopic (exact) mass is 197 g/mol. The van der Waals surface area contributed by atoms with E-state index in [-0.39, 0.29) is 0 Å². The molecule has 0 spiro atoms. The van der Waals surface area contributed by atoms with Crippen LogP contribution in [0.1, 0.15) is 30.2 Å². The van der Waals surface area contributed by atoms with Crippen molar-refractivity contribution in [1.29, 1.82) is 0 Å². The zero-order valence-electron chi connectivity index (χ0n) is 8.98. The Kier molecular flexibility index (Phi) is 2.82. The molecule has 0 aromatic carbocycles. The first-order valence-corrected chi connectivity index (χ1v) is 5.32. The molecule has 0 saturated heterocycles. The number of aromatic nitrogens is 1. The van der Waals surface area contributed by atoms with E-state index >= 15 is 0 Å². The van der Waals surface area contributed by atoms with Crippen LogP contribution >= 0.6 is 0 Å². The highest BCUT2D eigenvalue weighted by Crippen LogP contribution is 2.21. The average molecular weight is 197 g/mol. The van der Waals surface area contributed by atoms with Crippen LogP contribution in [0.5, 0.6) is 0 Å². The molecule has 1 nitrogen and oxygen atoms in total. The first-order chi connectivity index (χ1) is 7.33. The minimum atomic E-state index is 0.546. The molecule has 15 heavy (non-hydrogen) atoms. The summed E-state index contributed by atoms with van der Waals surface area (Å²) in [5.41, 5.74) is 3.35. The second-order valence-electron chi connectivity index (χ2n) is 3.73. The Hall–Kier alpha value is -1.63. The second-order valence-corrected chi connectivity index (χ2v) is 3.73. The summed E-state index contributed by atoms with van der Waals surface area (Å²) in [6, 6.07) is 2.07. The normalized spacial score (nSPS) is 18.3. The number of rotatable bonds is 2. The van der Waals surface area contributed by atoms with Gasteiger partial charge in [-0.1, -0.05) is 37.8 Å². The zero-order chi connectivity index (χ0) is 10.7. The maximum Gasteiger partial charge on any atom is 0.0630 e. The van der Waals surface area contributed by atoms with Crippen molar-refractivity contribution in [3.05, 3.63) is 47.8 Å². The molecule has 1 unspecified atom stereocenters. The molecule has 0 N–H and O–H groups in total. The molecular weight excluding hydrogens is 182 g/mol. The van der Waals surface area contributed by atoms with Crippen molar-refractivity contribution >= 4 is 18.2 Å². The van der Waals surface area contributed by atoms with Gasteiger partial charge in [-0.3, -0.25) is 4.98 Å². The fraction of sp³-hybridized carbons (Fsp3) is 0.214. The van der Waals surface area contributed by atoms with Gasteiger partial charge < -0.3 is 0 Å².